The third-order valence-corrected chi connectivity index (χ3v) is 5.82. The molecule has 6 nitrogen and oxygen atoms in total. The highest BCUT2D eigenvalue weighted by Gasteiger charge is 2.26. The summed E-state index contributed by atoms with van der Waals surface area (Å²) < 4.78 is 13.0. The number of carbonyl (C=O) groups excluding carboxylic acids is 2. The maximum Gasteiger partial charge on any atom is 0.278 e. The molecule has 3 aromatic rings. The van der Waals surface area contributed by atoms with E-state index < -0.39 is 0 Å². The Hall–Kier alpha value is -3.48. The number of amides is 2. The van der Waals surface area contributed by atoms with Gasteiger partial charge in [0.1, 0.15) is 5.82 Å². The average molecular weight is 420 g/mol. The van der Waals surface area contributed by atoms with E-state index in [0.717, 1.165) is 29.8 Å². The van der Waals surface area contributed by atoms with Crippen LogP contribution in [0.15, 0.2) is 60.7 Å². The van der Waals surface area contributed by atoms with Crippen LogP contribution in [0.4, 0.5) is 10.1 Å². The van der Waals surface area contributed by atoms with Gasteiger partial charge in [0, 0.05) is 37.4 Å². The number of halogens is 1. The first-order chi connectivity index (χ1) is 15.0. The number of aromatic amines is 1. The Balaban J connectivity index is 1.33. The highest BCUT2D eigenvalue weighted by molar-refractivity contribution is 6.04. The van der Waals surface area contributed by atoms with Crippen LogP contribution >= 0.6 is 0 Å². The number of hydrogen-bond acceptors (Lipinski definition) is 3. The first kappa shape index (κ1) is 20.8. The van der Waals surface area contributed by atoms with E-state index in [-0.39, 0.29) is 30.0 Å². The van der Waals surface area contributed by atoms with E-state index in [2.05, 4.69) is 10.2 Å². The van der Waals surface area contributed by atoms with Crippen molar-refractivity contribution in [3.63, 3.8) is 0 Å². The van der Waals surface area contributed by atoms with Crippen LogP contribution in [0.5, 0.6) is 0 Å². The van der Waals surface area contributed by atoms with E-state index in [1.165, 1.54) is 12.1 Å². The van der Waals surface area contributed by atoms with Gasteiger partial charge in [-0.1, -0.05) is 30.3 Å². The summed E-state index contributed by atoms with van der Waals surface area (Å²) in [6, 6.07) is 17.3. The predicted molar refractivity (Wildman–Crippen MR) is 116 cm³/mol. The number of rotatable bonds is 5. The lowest BCUT2D eigenvalue weighted by molar-refractivity contribution is -0.131. The first-order valence-corrected chi connectivity index (χ1v) is 10.4. The van der Waals surface area contributed by atoms with Crippen molar-refractivity contribution in [1.29, 1.82) is 0 Å². The zero-order chi connectivity index (χ0) is 21.8. The van der Waals surface area contributed by atoms with Crippen molar-refractivity contribution >= 4 is 17.5 Å². The molecule has 0 aliphatic carbocycles. The van der Waals surface area contributed by atoms with Crippen LogP contribution < -0.4 is 4.90 Å². The summed E-state index contributed by atoms with van der Waals surface area (Å²) in [5.74, 6) is -0.189. The van der Waals surface area contributed by atoms with Gasteiger partial charge in [-0.3, -0.25) is 14.7 Å². The zero-order valence-electron chi connectivity index (χ0n) is 17.4. The number of nitrogens with zero attached hydrogens (tertiary/aromatic N) is 3. The van der Waals surface area contributed by atoms with Crippen molar-refractivity contribution in [3.8, 4) is 0 Å². The number of aromatic nitrogens is 2. The number of hydrogen-bond donors (Lipinski definition) is 1. The summed E-state index contributed by atoms with van der Waals surface area (Å²) in [4.78, 5) is 28.7. The minimum atomic E-state index is -0.301. The van der Waals surface area contributed by atoms with Crippen LogP contribution in [-0.2, 0) is 11.2 Å². The summed E-state index contributed by atoms with van der Waals surface area (Å²) in [7, 11) is 1.73. The number of benzene rings is 2. The Morgan fingerprint density at radius 2 is 1.77 bits per heavy atom. The summed E-state index contributed by atoms with van der Waals surface area (Å²) >= 11 is 0. The van der Waals surface area contributed by atoms with Crippen LogP contribution in [0.3, 0.4) is 0 Å². The van der Waals surface area contributed by atoms with Gasteiger partial charge >= 0.3 is 0 Å². The normalized spacial score (nSPS) is 14.5. The molecule has 1 saturated heterocycles. The molecule has 0 radical (unpaired) electrons. The second-order valence-corrected chi connectivity index (χ2v) is 7.87. The molecule has 1 aromatic heterocycles. The number of carbonyl (C=O) groups is 2. The fourth-order valence-electron chi connectivity index (χ4n) is 3.92. The molecule has 160 valence electrons. The van der Waals surface area contributed by atoms with Gasteiger partial charge in [-0.25, -0.2) is 4.39 Å². The molecule has 2 amide bonds. The monoisotopic (exact) mass is 420 g/mol. The van der Waals surface area contributed by atoms with E-state index in [0.29, 0.717) is 18.8 Å². The molecule has 1 fully saturated rings. The molecule has 0 saturated carbocycles. The Bertz CT molecular complexity index is 1040. The van der Waals surface area contributed by atoms with Crippen molar-refractivity contribution in [2.24, 2.45) is 0 Å². The van der Waals surface area contributed by atoms with Crippen LogP contribution in [0.25, 0.3) is 0 Å². The number of piperidine rings is 1. The number of nitrogens with one attached hydrogen (secondary N) is 1. The molecule has 0 bridgehead atoms. The minimum Gasteiger partial charge on any atom is -0.342 e. The van der Waals surface area contributed by atoms with E-state index in [1.807, 2.05) is 41.3 Å². The van der Waals surface area contributed by atoms with Gasteiger partial charge in [-0.15, -0.1) is 0 Å². The molecule has 0 atom stereocenters. The smallest absolute Gasteiger partial charge is 0.278 e. The standard InChI is InChI=1S/C24H25FN4O2/c1-28(20-5-3-2-4-6-20)24(31)22-16-21(26-27-22)18-11-13-29(14-12-18)23(30)15-17-7-9-19(25)10-8-17/h2-10,16,18H,11-15H2,1H3,(H,26,27). The van der Waals surface area contributed by atoms with E-state index in [9.17, 15) is 14.0 Å². The molecule has 31 heavy (non-hydrogen) atoms. The minimum absolute atomic E-state index is 0.0509. The third kappa shape index (κ3) is 4.82. The quantitative estimate of drug-likeness (QED) is 0.683. The van der Waals surface area contributed by atoms with Crippen molar-refractivity contribution in [1.82, 2.24) is 15.1 Å². The largest absolute Gasteiger partial charge is 0.342 e. The van der Waals surface area contributed by atoms with Gasteiger partial charge in [0.25, 0.3) is 5.91 Å². The van der Waals surface area contributed by atoms with E-state index >= 15 is 0 Å². The fraction of sp³-hybridized carbons (Fsp3) is 0.292. The van der Waals surface area contributed by atoms with Gasteiger partial charge in [0.05, 0.1) is 6.42 Å². The van der Waals surface area contributed by atoms with Crippen molar-refractivity contribution in [3.05, 3.63) is 83.4 Å². The maximum atomic E-state index is 13.0. The Morgan fingerprint density at radius 3 is 2.45 bits per heavy atom. The van der Waals surface area contributed by atoms with Crippen molar-refractivity contribution in [2.75, 3.05) is 25.0 Å². The Kier molecular flexibility index (Phi) is 6.11. The molecular weight excluding hydrogens is 395 g/mol. The highest BCUT2D eigenvalue weighted by atomic mass is 19.1. The third-order valence-electron chi connectivity index (χ3n) is 5.82. The van der Waals surface area contributed by atoms with Crippen LogP contribution in [0.2, 0.25) is 0 Å². The van der Waals surface area contributed by atoms with Gasteiger partial charge in [-0.2, -0.15) is 5.10 Å². The number of anilines is 1. The zero-order valence-corrected chi connectivity index (χ0v) is 17.4. The lowest BCUT2D eigenvalue weighted by atomic mass is 9.93. The molecule has 1 aliphatic heterocycles. The number of H-pyrrole nitrogens is 1. The molecule has 7 heteroatoms. The molecule has 0 spiro atoms. The molecule has 0 unspecified atom stereocenters. The maximum absolute atomic E-state index is 13.0. The number of likely N-dealkylation sites (tertiary alicyclic amines) is 1. The van der Waals surface area contributed by atoms with Crippen LogP contribution in [0, 0.1) is 5.82 Å². The first-order valence-electron chi connectivity index (χ1n) is 10.4. The van der Waals surface area contributed by atoms with Gasteiger partial charge in [0.2, 0.25) is 5.91 Å². The summed E-state index contributed by atoms with van der Waals surface area (Å²) in [6.45, 7) is 1.30. The van der Waals surface area contributed by atoms with E-state index in [4.69, 9.17) is 0 Å². The van der Waals surface area contributed by atoms with Crippen LogP contribution in [-0.4, -0.2) is 47.0 Å². The second-order valence-electron chi connectivity index (χ2n) is 7.87. The Morgan fingerprint density at radius 1 is 1.10 bits per heavy atom. The summed E-state index contributed by atoms with van der Waals surface area (Å²) in [5.41, 5.74) is 2.93. The topological polar surface area (TPSA) is 69.3 Å². The molecule has 2 aromatic carbocycles. The molecular formula is C24H25FN4O2. The molecule has 1 N–H and O–H groups in total. The lowest BCUT2D eigenvalue weighted by Gasteiger charge is -2.31. The second kappa shape index (κ2) is 9.12. The van der Waals surface area contributed by atoms with Crippen molar-refractivity contribution < 1.29 is 14.0 Å². The lowest BCUT2D eigenvalue weighted by Crippen LogP contribution is -2.38. The average Bonchev–Trinajstić information content (AvgIpc) is 3.30. The van der Waals surface area contributed by atoms with Crippen molar-refractivity contribution in [2.45, 2.75) is 25.2 Å². The molecule has 4 rings (SSSR count). The van der Waals surface area contributed by atoms with Gasteiger partial charge in [-0.05, 0) is 48.7 Å². The van der Waals surface area contributed by atoms with Gasteiger partial charge in [0.15, 0.2) is 5.69 Å². The summed E-state index contributed by atoms with van der Waals surface area (Å²) in [6.07, 6.45) is 1.89. The predicted octanol–water partition coefficient (Wildman–Crippen LogP) is 3.77. The fourth-order valence-corrected chi connectivity index (χ4v) is 3.92. The summed E-state index contributed by atoms with van der Waals surface area (Å²) in [5, 5.41) is 7.24. The molecule has 2 heterocycles. The number of para-hydroxylation sites is 1. The van der Waals surface area contributed by atoms with E-state index in [1.54, 1.807) is 24.1 Å². The van der Waals surface area contributed by atoms with Crippen LogP contribution in [0.1, 0.15) is 40.5 Å². The SMILES string of the molecule is CN(C(=O)c1cc(C2CCN(C(=O)Cc3ccc(F)cc3)CC2)[nH]n1)c1ccccc1. The highest BCUT2D eigenvalue weighted by Crippen LogP contribution is 2.28. The Labute approximate surface area is 180 Å². The molecule has 1 aliphatic rings. The van der Waals surface area contributed by atoms with Gasteiger partial charge < -0.3 is 9.80 Å².